The van der Waals surface area contributed by atoms with Crippen molar-refractivity contribution in [2.75, 3.05) is 33.4 Å². The van der Waals surface area contributed by atoms with Crippen LogP contribution in [0.5, 0.6) is 0 Å². The highest BCUT2D eigenvalue weighted by molar-refractivity contribution is 4.78. The molecule has 3 nitrogen and oxygen atoms in total. The minimum atomic E-state index is 0.501. The minimum Gasteiger partial charge on any atom is -0.383 e. The van der Waals surface area contributed by atoms with Gasteiger partial charge in [-0.05, 0) is 32.9 Å². The monoisotopic (exact) mass is 244 g/mol. The number of nitrogens with zero attached hydrogens (tertiary/aromatic N) is 1. The van der Waals surface area contributed by atoms with Gasteiger partial charge in [-0.1, -0.05) is 27.2 Å². The van der Waals surface area contributed by atoms with Gasteiger partial charge in [0.15, 0.2) is 0 Å². The average molecular weight is 244 g/mol. The number of methoxy groups -OCH3 is 1. The van der Waals surface area contributed by atoms with Crippen LogP contribution in [0.4, 0.5) is 0 Å². The fraction of sp³-hybridized carbons (Fsp3) is 1.00. The Balaban J connectivity index is 4.42. The van der Waals surface area contributed by atoms with E-state index in [0.29, 0.717) is 12.1 Å². The average Bonchev–Trinajstić information content (AvgIpc) is 2.35. The molecular weight excluding hydrogens is 212 g/mol. The summed E-state index contributed by atoms with van der Waals surface area (Å²) in [6.07, 6.45) is 3.74. The Labute approximate surface area is 108 Å². The third-order valence-electron chi connectivity index (χ3n) is 3.38. The normalized spacial score (nSPS) is 15.2. The van der Waals surface area contributed by atoms with E-state index in [-0.39, 0.29) is 0 Å². The van der Waals surface area contributed by atoms with E-state index in [1.165, 1.54) is 25.8 Å². The fourth-order valence-electron chi connectivity index (χ4n) is 2.11. The van der Waals surface area contributed by atoms with Crippen LogP contribution in [-0.4, -0.2) is 50.3 Å². The van der Waals surface area contributed by atoms with E-state index in [1.54, 1.807) is 7.11 Å². The smallest absolute Gasteiger partial charge is 0.0630 e. The molecule has 0 aliphatic heterocycles. The number of likely N-dealkylation sites (N-methyl/N-ethyl adjacent to an activating group) is 1. The molecule has 0 aromatic heterocycles. The second-order valence-corrected chi connectivity index (χ2v) is 4.77. The molecule has 0 fully saturated rings. The molecule has 0 heterocycles. The van der Waals surface area contributed by atoms with Crippen LogP contribution < -0.4 is 5.32 Å². The van der Waals surface area contributed by atoms with E-state index in [9.17, 15) is 0 Å². The second kappa shape index (κ2) is 11.0. The zero-order valence-corrected chi connectivity index (χ0v) is 12.5. The summed E-state index contributed by atoms with van der Waals surface area (Å²) in [6, 6.07) is 1.14. The largest absolute Gasteiger partial charge is 0.383 e. The quantitative estimate of drug-likeness (QED) is 0.604. The third kappa shape index (κ3) is 7.02. The highest BCUT2D eigenvalue weighted by Gasteiger charge is 2.21. The fourth-order valence-corrected chi connectivity index (χ4v) is 2.11. The van der Waals surface area contributed by atoms with Gasteiger partial charge in [0.05, 0.1) is 6.61 Å². The highest BCUT2D eigenvalue weighted by Crippen LogP contribution is 2.11. The van der Waals surface area contributed by atoms with Gasteiger partial charge in [-0.25, -0.2) is 0 Å². The predicted octanol–water partition coefficient (Wildman–Crippen LogP) is 2.51. The molecule has 0 radical (unpaired) electrons. The Hall–Kier alpha value is -0.120. The third-order valence-corrected chi connectivity index (χ3v) is 3.38. The zero-order valence-electron chi connectivity index (χ0n) is 12.5. The van der Waals surface area contributed by atoms with E-state index in [1.807, 2.05) is 0 Å². The molecule has 0 amide bonds. The molecule has 104 valence electrons. The van der Waals surface area contributed by atoms with Crippen molar-refractivity contribution in [3.8, 4) is 0 Å². The summed E-state index contributed by atoms with van der Waals surface area (Å²) < 4.78 is 5.37. The molecule has 2 atom stereocenters. The van der Waals surface area contributed by atoms with Crippen LogP contribution in [0.2, 0.25) is 0 Å². The van der Waals surface area contributed by atoms with E-state index in [2.05, 4.69) is 37.9 Å². The highest BCUT2D eigenvalue weighted by atomic mass is 16.5. The summed E-state index contributed by atoms with van der Waals surface area (Å²) in [6.45, 7) is 13.1. The summed E-state index contributed by atoms with van der Waals surface area (Å²) in [4.78, 5) is 2.61. The molecule has 0 aliphatic rings. The van der Waals surface area contributed by atoms with Crippen molar-refractivity contribution < 1.29 is 4.74 Å². The van der Waals surface area contributed by atoms with Gasteiger partial charge in [-0.2, -0.15) is 0 Å². The van der Waals surface area contributed by atoms with Crippen molar-refractivity contribution in [3.63, 3.8) is 0 Å². The van der Waals surface area contributed by atoms with E-state index >= 15 is 0 Å². The maximum atomic E-state index is 5.37. The first-order valence-corrected chi connectivity index (χ1v) is 7.16. The van der Waals surface area contributed by atoms with Crippen LogP contribution in [0.15, 0.2) is 0 Å². The summed E-state index contributed by atoms with van der Waals surface area (Å²) in [5.41, 5.74) is 0. The Morgan fingerprint density at radius 3 is 2.41 bits per heavy atom. The number of ether oxygens (including phenoxy) is 1. The first-order chi connectivity index (χ1) is 8.21. The maximum absolute atomic E-state index is 5.37. The van der Waals surface area contributed by atoms with Crippen molar-refractivity contribution in [3.05, 3.63) is 0 Å². The second-order valence-electron chi connectivity index (χ2n) is 4.77. The Kier molecular flexibility index (Phi) is 10.9. The van der Waals surface area contributed by atoms with Gasteiger partial charge < -0.3 is 10.1 Å². The Bertz CT molecular complexity index is 164. The van der Waals surface area contributed by atoms with Crippen molar-refractivity contribution >= 4 is 0 Å². The lowest BCUT2D eigenvalue weighted by atomic mass is 10.1. The maximum Gasteiger partial charge on any atom is 0.0630 e. The van der Waals surface area contributed by atoms with E-state index in [0.717, 1.165) is 19.7 Å². The molecule has 0 aromatic rings. The van der Waals surface area contributed by atoms with Gasteiger partial charge in [-0.3, -0.25) is 4.90 Å². The van der Waals surface area contributed by atoms with Crippen LogP contribution in [0.25, 0.3) is 0 Å². The molecule has 0 saturated carbocycles. The predicted molar refractivity (Wildman–Crippen MR) is 75.6 cm³/mol. The standard InChI is InChI=1S/C14H32N2O/c1-6-9-10-16(13(4)7-2)14(12-17-5)11-15-8-3/h13-15H,6-12H2,1-5H3. The van der Waals surface area contributed by atoms with Crippen molar-refractivity contribution in [1.29, 1.82) is 0 Å². The molecule has 0 spiro atoms. The molecule has 1 N–H and O–H groups in total. The Morgan fingerprint density at radius 1 is 1.24 bits per heavy atom. The first kappa shape index (κ1) is 16.9. The lowest BCUT2D eigenvalue weighted by Gasteiger charge is -2.36. The Morgan fingerprint density at radius 2 is 1.94 bits per heavy atom. The topological polar surface area (TPSA) is 24.5 Å². The molecule has 17 heavy (non-hydrogen) atoms. The summed E-state index contributed by atoms with van der Waals surface area (Å²) in [5.74, 6) is 0. The van der Waals surface area contributed by atoms with E-state index < -0.39 is 0 Å². The van der Waals surface area contributed by atoms with Crippen LogP contribution in [0.1, 0.15) is 47.0 Å². The summed E-state index contributed by atoms with van der Waals surface area (Å²) >= 11 is 0. The summed E-state index contributed by atoms with van der Waals surface area (Å²) in [5, 5.41) is 3.45. The number of rotatable bonds is 11. The van der Waals surface area contributed by atoms with Crippen molar-refractivity contribution in [2.45, 2.75) is 59.0 Å². The minimum absolute atomic E-state index is 0.501. The van der Waals surface area contributed by atoms with Crippen LogP contribution in [-0.2, 0) is 4.74 Å². The van der Waals surface area contributed by atoms with Gasteiger partial charge >= 0.3 is 0 Å². The van der Waals surface area contributed by atoms with Crippen molar-refractivity contribution in [1.82, 2.24) is 10.2 Å². The first-order valence-electron chi connectivity index (χ1n) is 7.16. The molecular formula is C14H32N2O. The molecule has 0 aliphatic carbocycles. The van der Waals surface area contributed by atoms with Gasteiger partial charge in [0.2, 0.25) is 0 Å². The summed E-state index contributed by atoms with van der Waals surface area (Å²) in [7, 11) is 1.80. The van der Waals surface area contributed by atoms with Crippen LogP contribution in [0.3, 0.4) is 0 Å². The lowest BCUT2D eigenvalue weighted by molar-refractivity contribution is 0.0625. The number of nitrogens with one attached hydrogen (secondary N) is 1. The van der Waals surface area contributed by atoms with Crippen molar-refractivity contribution in [2.24, 2.45) is 0 Å². The molecule has 0 bridgehead atoms. The SMILES string of the molecule is CCCCN(C(C)CC)C(CNCC)COC. The van der Waals surface area contributed by atoms with Gasteiger partial charge in [0.1, 0.15) is 0 Å². The molecule has 3 heteroatoms. The number of unbranched alkanes of at least 4 members (excludes halogenated alkanes) is 1. The lowest BCUT2D eigenvalue weighted by Crippen LogP contribution is -2.49. The van der Waals surface area contributed by atoms with Crippen LogP contribution in [0, 0.1) is 0 Å². The molecule has 0 aromatic carbocycles. The van der Waals surface area contributed by atoms with Crippen LogP contribution >= 0.6 is 0 Å². The molecule has 2 unspecified atom stereocenters. The van der Waals surface area contributed by atoms with Gasteiger partial charge in [0.25, 0.3) is 0 Å². The molecule has 0 rings (SSSR count). The number of hydrogen-bond acceptors (Lipinski definition) is 3. The van der Waals surface area contributed by atoms with E-state index in [4.69, 9.17) is 4.74 Å². The van der Waals surface area contributed by atoms with Gasteiger partial charge in [-0.15, -0.1) is 0 Å². The zero-order chi connectivity index (χ0) is 13.1. The number of hydrogen-bond donors (Lipinski definition) is 1. The molecule has 0 saturated heterocycles. The van der Waals surface area contributed by atoms with Gasteiger partial charge in [0, 0.05) is 25.7 Å².